The van der Waals surface area contributed by atoms with Crippen LogP contribution in [0.1, 0.15) is 19.3 Å². The Morgan fingerprint density at radius 3 is 2.56 bits per heavy atom. The minimum Gasteiger partial charge on any atom is -0.481 e. The van der Waals surface area contributed by atoms with E-state index in [0.29, 0.717) is 11.8 Å². The van der Waals surface area contributed by atoms with Gasteiger partial charge in [0.2, 0.25) is 5.91 Å². The number of nitrogens with zero attached hydrogens (tertiary/aromatic N) is 2. The standard InChI is InChI=1S/C12H20N2O3S/c15-11(8-18-9-12(16)17)14-6-3-10(7-14)13-4-1-2-5-13/h10H,1-9H2,(H,16,17). The van der Waals surface area contributed by atoms with Crippen molar-refractivity contribution in [2.24, 2.45) is 0 Å². The number of aliphatic carboxylic acids is 1. The lowest BCUT2D eigenvalue weighted by Crippen LogP contribution is -2.37. The Balaban J connectivity index is 1.70. The summed E-state index contributed by atoms with van der Waals surface area (Å²) in [6.45, 7) is 3.99. The van der Waals surface area contributed by atoms with E-state index in [9.17, 15) is 9.59 Å². The van der Waals surface area contributed by atoms with E-state index in [1.54, 1.807) is 0 Å². The van der Waals surface area contributed by atoms with Crippen molar-refractivity contribution in [3.63, 3.8) is 0 Å². The first-order chi connectivity index (χ1) is 8.66. The van der Waals surface area contributed by atoms with Crippen molar-refractivity contribution < 1.29 is 14.7 Å². The number of likely N-dealkylation sites (tertiary alicyclic amines) is 2. The van der Waals surface area contributed by atoms with Crippen LogP contribution in [0, 0.1) is 0 Å². The summed E-state index contributed by atoms with van der Waals surface area (Å²) in [5, 5.41) is 8.52. The zero-order chi connectivity index (χ0) is 13.0. The summed E-state index contributed by atoms with van der Waals surface area (Å²) in [5.74, 6) is -0.471. The molecule has 0 aromatic heterocycles. The number of carboxylic acids is 1. The van der Waals surface area contributed by atoms with Crippen molar-refractivity contribution in [2.45, 2.75) is 25.3 Å². The Labute approximate surface area is 112 Å². The zero-order valence-corrected chi connectivity index (χ0v) is 11.3. The van der Waals surface area contributed by atoms with Gasteiger partial charge in [-0.25, -0.2) is 0 Å². The van der Waals surface area contributed by atoms with Crippen LogP contribution in [0.4, 0.5) is 0 Å². The molecule has 2 fully saturated rings. The first-order valence-electron chi connectivity index (χ1n) is 6.48. The van der Waals surface area contributed by atoms with Crippen LogP contribution in [0.5, 0.6) is 0 Å². The van der Waals surface area contributed by atoms with E-state index in [0.717, 1.165) is 19.5 Å². The molecule has 18 heavy (non-hydrogen) atoms. The second-order valence-corrected chi connectivity index (χ2v) is 5.90. The van der Waals surface area contributed by atoms with Gasteiger partial charge in [-0.2, -0.15) is 0 Å². The molecule has 0 aromatic rings. The van der Waals surface area contributed by atoms with Crippen molar-refractivity contribution in [2.75, 3.05) is 37.7 Å². The van der Waals surface area contributed by atoms with Gasteiger partial charge < -0.3 is 10.0 Å². The first kappa shape index (κ1) is 13.7. The number of hydrogen-bond donors (Lipinski definition) is 1. The van der Waals surface area contributed by atoms with Gasteiger partial charge in [-0.15, -0.1) is 11.8 Å². The van der Waals surface area contributed by atoms with Crippen molar-refractivity contribution in [3.8, 4) is 0 Å². The third-order valence-corrected chi connectivity index (χ3v) is 4.53. The van der Waals surface area contributed by atoms with Gasteiger partial charge in [0.1, 0.15) is 0 Å². The number of carbonyl (C=O) groups excluding carboxylic acids is 1. The lowest BCUT2D eigenvalue weighted by molar-refractivity contribution is -0.133. The molecule has 0 aliphatic carbocycles. The second kappa shape index (κ2) is 6.43. The number of hydrogen-bond acceptors (Lipinski definition) is 4. The third kappa shape index (κ3) is 3.62. The molecule has 0 aromatic carbocycles. The summed E-state index contributed by atoms with van der Waals surface area (Å²) in [4.78, 5) is 26.6. The lowest BCUT2D eigenvalue weighted by atomic mass is 10.2. The van der Waals surface area contributed by atoms with E-state index < -0.39 is 5.97 Å². The fourth-order valence-electron chi connectivity index (χ4n) is 2.69. The van der Waals surface area contributed by atoms with Crippen LogP contribution < -0.4 is 0 Å². The van der Waals surface area contributed by atoms with Gasteiger partial charge >= 0.3 is 5.97 Å². The van der Waals surface area contributed by atoms with Crippen molar-refractivity contribution >= 4 is 23.6 Å². The van der Waals surface area contributed by atoms with Gasteiger partial charge in [0, 0.05) is 19.1 Å². The molecular formula is C12H20N2O3S. The molecule has 1 unspecified atom stereocenters. The molecular weight excluding hydrogens is 252 g/mol. The number of rotatable bonds is 5. The summed E-state index contributed by atoms with van der Waals surface area (Å²) in [7, 11) is 0. The molecule has 2 saturated heterocycles. The normalized spacial score (nSPS) is 24.7. The summed E-state index contributed by atoms with van der Waals surface area (Å²) >= 11 is 1.19. The minimum atomic E-state index is -0.857. The van der Waals surface area contributed by atoms with E-state index in [1.165, 1.54) is 37.7 Å². The summed E-state index contributed by atoms with van der Waals surface area (Å²) < 4.78 is 0. The van der Waals surface area contributed by atoms with Gasteiger partial charge in [-0.05, 0) is 32.4 Å². The summed E-state index contributed by atoms with van der Waals surface area (Å²) in [6.07, 6.45) is 3.62. The van der Waals surface area contributed by atoms with Gasteiger partial charge in [0.15, 0.2) is 0 Å². The van der Waals surface area contributed by atoms with E-state index >= 15 is 0 Å². The molecule has 1 amide bonds. The van der Waals surface area contributed by atoms with E-state index in [4.69, 9.17) is 5.11 Å². The molecule has 2 heterocycles. The average molecular weight is 272 g/mol. The predicted molar refractivity (Wildman–Crippen MR) is 70.8 cm³/mol. The maximum atomic E-state index is 11.9. The molecule has 5 nitrogen and oxygen atoms in total. The van der Waals surface area contributed by atoms with Crippen LogP contribution in [0.2, 0.25) is 0 Å². The molecule has 0 radical (unpaired) electrons. The average Bonchev–Trinajstić information content (AvgIpc) is 2.99. The molecule has 2 aliphatic rings. The molecule has 6 heteroatoms. The molecule has 102 valence electrons. The van der Waals surface area contributed by atoms with Crippen LogP contribution in [0.3, 0.4) is 0 Å². The number of amides is 1. The van der Waals surface area contributed by atoms with E-state index in [2.05, 4.69) is 4.90 Å². The Hall–Kier alpha value is -0.750. The van der Waals surface area contributed by atoms with E-state index in [-0.39, 0.29) is 11.7 Å². The largest absolute Gasteiger partial charge is 0.481 e. The predicted octanol–water partition coefficient (Wildman–Crippen LogP) is 0.501. The molecule has 0 spiro atoms. The third-order valence-electron chi connectivity index (χ3n) is 3.62. The van der Waals surface area contributed by atoms with Crippen molar-refractivity contribution in [1.29, 1.82) is 0 Å². The smallest absolute Gasteiger partial charge is 0.313 e. The number of carbonyl (C=O) groups is 2. The molecule has 0 bridgehead atoms. The topological polar surface area (TPSA) is 60.9 Å². The molecule has 0 saturated carbocycles. The molecule has 1 N–H and O–H groups in total. The van der Waals surface area contributed by atoms with Gasteiger partial charge in [0.25, 0.3) is 0 Å². The molecule has 2 rings (SSSR count). The highest BCUT2D eigenvalue weighted by Gasteiger charge is 2.31. The van der Waals surface area contributed by atoms with Crippen LogP contribution in [0.15, 0.2) is 0 Å². The Morgan fingerprint density at radius 1 is 1.17 bits per heavy atom. The van der Waals surface area contributed by atoms with Gasteiger partial charge in [-0.1, -0.05) is 0 Å². The van der Waals surface area contributed by atoms with Gasteiger partial charge in [-0.3, -0.25) is 14.5 Å². The van der Waals surface area contributed by atoms with Crippen LogP contribution >= 0.6 is 11.8 Å². The zero-order valence-electron chi connectivity index (χ0n) is 10.5. The quantitative estimate of drug-likeness (QED) is 0.790. The SMILES string of the molecule is O=C(O)CSCC(=O)N1CCC(N2CCCC2)C1. The van der Waals surface area contributed by atoms with E-state index in [1.807, 2.05) is 4.90 Å². The van der Waals surface area contributed by atoms with Gasteiger partial charge in [0.05, 0.1) is 11.5 Å². The fourth-order valence-corrected chi connectivity index (χ4v) is 3.32. The molecule has 1 atom stereocenters. The monoisotopic (exact) mass is 272 g/mol. The minimum absolute atomic E-state index is 0.00906. The highest BCUT2D eigenvalue weighted by molar-refractivity contribution is 8.00. The van der Waals surface area contributed by atoms with Crippen LogP contribution in [-0.4, -0.2) is 70.5 Å². The number of thioether (sulfide) groups is 1. The summed E-state index contributed by atoms with van der Waals surface area (Å²) in [5.41, 5.74) is 0. The lowest BCUT2D eigenvalue weighted by Gasteiger charge is -2.23. The second-order valence-electron chi connectivity index (χ2n) is 4.91. The maximum Gasteiger partial charge on any atom is 0.313 e. The Morgan fingerprint density at radius 2 is 1.89 bits per heavy atom. The highest BCUT2D eigenvalue weighted by Crippen LogP contribution is 2.20. The van der Waals surface area contributed by atoms with Crippen LogP contribution in [-0.2, 0) is 9.59 Å². The number of carboxylic acid groups (broad SMARTS) is 1. The Kier molecular flexibility index (Phi) is 4.88. The molecule has 2 aliphatic heterocycles. The fraction of sp³-hybridized carbons (Fsp3) is 0.833. The first-order valence-corrected chi connectivity index (χ1v) is 7.63. The van der Waals surface area contributed by atoms with Crippen molar-refractivity contribution in [3.05, 3.63) is 0 Å². The Bertz CT molecular complexity index is 318. The van der Waals surface area contributed by atoms with Crippen LogP contribution in [0.25, 0.3) is 0 Å². The highest BCUT2D eigenvalue weighted by atomic mass is 32.2. The summed E-state index contributed by atoms with van der Waals surface area (Å²) in [6, 6.07) is 0.529. The van der Waals surface area contributed by atoms with Crippen molar-refractivity contribution in [1.82, 2.24) is 9.80 Å². The maximum absolute atomic E-state index is 11.9.